The fourth-order valence-electron chi connectivity index (χ4n) is 1.66. The minimum absolute atomic E-state index is 0.106. The molecule has 0 atom stereocenters. The van der Waals surface area contributed by atoms with Crippen LogP contribution in [0.3, 0.4) is 0 Å². The molecule has 0 radical (unpaired) electrons. The lowest BCUT2D eigenvalue weighted by atomic mass is 9.79. The van der Waals surface area contributed by atoms with Crippen LogP contribution in [0.4, 0.5) is 5.13 Å². The van der Waals surface area contributed by atoms with Crippen LogP contribution in [0.2, 0.25) is 5.15 Å². The van der Waals surface area contributed by atoms with Crippen molar-refractivity contribution in [2.75, 3.05) is 12.4 Å². The Bertz CT molecular complexity index is 415. The van der Waals surface area contributed by atoms with E-state index in [0.717, 1.165) is 12.8 Å². The van der Waals surface area contributed by atoms with Crippen molar-refractivity contribution in [3.63, 3.8) is 0 Å². The summed E-state index contributed by atoms with van der Waals surface area (Å²) in [6.07, 6.45) is 3.47. The fraction of sp³-hybridized carbons (Fsp3) is 0.600. The average molecular weight is 261 g/mol. The number of nitrogens with zero attached hydrogens (tertiary/aromatic N) is 1. The second kappa shape index (κ2) is 4.22. The lowest BCUT2D eigenvalue weighted by Gasteiger charge is -2.38. The number of carbonyl (C=O) groups is 1. The van der Waals surface area contributed by atoms with E-state index in [1.54, 1.807) is 0 Å². The minimum atomic E-state index is -0.436. The first-order chi connectivity index (χ1) is 7.54. The largest absolute Gasteiger partial charge is 0.465 e. The molecule has 1 aromatic rings. The highest BCUT2D eigenvalue weighted by atomic mass is 35.5. The van der Waals surface area contributed by atoms with Gasteiger partial charge in [-0.1, -0.05) is 22.9 Å². The zero-order valence-corrected chi connectivity index (χ0v) is 10.7. The van der Waals surface area contributed by atoms with Crippen molar-refractivity contribution in [2.24, 2.45) is 0 Å². The van der Waals surface area contributed by atoms with Crippen LogP contribution in [0, 0.1) is 0 Å². The maximum Gasteiger partial charge on any atom is 0.351 e. The molecule has 6 heteroatoms. The first-order valence-electron chi connectivity index (χ1n) is 5.07. The zero-order valence-electron chi connectivity index (χ0n) is 9.17. The van der Waals surface area contributed by atoms with Crippen molar-refractivity contribution in [2.45, 2.75) is 31.7 Å². The van der Waals surface area contributed by atoms with Gasteiger partial charge in [0.05, 0.1) is 7.11 Å². The SMILES string of the molecule is COC(=O)c1sc(NC2(C)CCC2)nc1Cl. The number of ether oxygens (including phenoxy) is 1. The molecule has 4 nitrogen and oxygen atoms in total. The molecule has 0 bridgehead atoms. The van der Waals surface area contributed by atoms with Gasteiger partial charge in [-0.05, 0) is 26.2 Å². The van der Waals surface area contributed by atoms with E-state index in [1.165, 1.54) is 24.9 Å². The first kappa shape index (κ1) is 11.7. The van der Waals surface area contributed by atoms with E-state index in [0.29, 0.717) is 10.0 Å². The van der Waals surface area contributed by atoms with Crippen molar-refractivity contribution in [1.29, 1.82) is 0 Å². The van der Waals surface area contributed by atoms with Gasteiger partial charge in [-0.3, -0.25) is 0 Å². The zero-order chi connectivity index (χ0) is 11.8. The van der Waals surface area contributed by atoms with E-state index in [1.807, 2.05) is 0 Å². The van der Waals surface area contributed by atoms with Gasteiger partial charge >= 0.3 is 5.97 Å². The second-order valence-electron chi connectivity index (χ2n) is 4.17. The molecule has 0 unspecified atom stereocenters. The quantitative estimate of drug-likeness (QED) is 0.849. The molecule has 0 aliphatic heterocycles. The highest BCUT2D eigenvalue weighted by Gasteiger charge is 2.33. The second-order valence-corrected chi connectivity index (χ2v) is 5.53. The summed E-state index contributed by atoms with van der Waals surface area (Å²) in [4.78, 5) is 15.8. The Morgan fingerprint density at radius 1 is 1.62 bits per heavy atom. The number of nitrogens with one attached hydrogen (secondary N) is 1. The van der Waals surface area contributed by atoms with Crippen molar-refractivity contribution in [3.8, 4) is 0 Å². The molecule has 1 aliphatic carbocycles. The molecule has 0 aromatic carbocycles. The highest BCUT2D eigenvalue weighted by Crippen LogP contribution is 2.37. The van der Waals surface area contributed by atoms with Crippen LogP contribution in [-0.2, 0) is 4.74 Å². The number of esters is 1. The number of hydrogen-bond donors (Lipinski definition) is 1. The molecular weight excluding hydrogens is 248 g/mol. The first-order valence-corrected chi connectivity index (χ1v) is 6.26. The average Bonchev–Trinajstić information content (AvgIpc) is 2.56. The number of methoxy groups -OCH3 is 1. The lowest BCUT2D eigenvalue weighted by molar-refractivity contribution is 0.0606. The topological polar surface area (TPSA) is 51.2 Å². The van der Waals surface area contributed by atoms with E-state index >= 15 is 0 Å². The van der Waals surface area contributed by atoms with Crippen molar-refractivity contribution in [1.82, 2.24) is 4.98 Å². The van der Waals surface area contributed by atoms with Crippen LogP contribution in [0.5, 0.6) is 0 Å². The molecule has 1 saturated carbocycles. The number of carbonyl (C=O) groups excluding carboxylic acids is 1. The summed E-state index contributed by atoms with van der Waals surface area (Å²) in [5, 5.41) is 4.21. The van der Waals surface area contributed by atoms with E-state index in [4.69, 9.17) is 11.6 Å². The minimum Gasteiger partial charge on any atom is -0.465 e. The van der Waals surface area contributed by atoms with Crippen LogP contribution in [-0.4, -0.2) is 23.6 Å². The van der Waals surface area contributed by atoms with E-state index in [2.05, 4.69) is 22.0 Å². The summed E-state index contributed by atoms with van der Waals surface area (Å²) in [5.74, 6) is -0.436. The molecule has 1 aromatic heterocycles. The Kier molecular flexibility index (Phi) is 3.08. The summed E-state index contributed by atoms with van der Waals surface area (Å²) in [6, 6.07) is 0. The lowest BCUT2D eigenvalue weighted by Crippen LogP contribution is -2.41. The smallest absolute Gasteiger partial charge is 0.351 e. The summed E-state index contributed by atoms with van der Waals surface area (Å²) in [5.41, 5.74) is 0.106. The van der Waals surface area contributed by atoms with Crippen LogP contribution in [0.15, 0.2) is 0 Å². The summed E-state index contributed by atoms with van der Waals surface area (Å²) >= 11 is 7.11. The van der Waals surface area contributed by atoms with Gasteiger partial charge in [0.25, 0.3) is 0 Å². The van der Waals surface area contributed by atoms with Crippen LogP contribution in [0.1, 0.15) is 35.9 Å². The molecular formula is C10H13ClN2O2S. The number of thiazole rings is 1. The third-order valence-corrected chi connectivity index (χ3v) is 4.16. The Morgan fingerprint density at radius 3 is 2.81 bits per heavy atom. The van der Waals surface area contributed by atoms with Crippen molar-refractivity contribution in [3.05, 3.63) is 10.0 Å². The highest BCUT2D eigenvalue weighted by molar-refractivity contribution is 7.18. The molecule has 1 aliphatic rings. The monoisotopic (exact) mass is 260 g/mol. The molecule has 0 amide bonds. The maximum absolute atomic E-state index is 11.3. The van der Waals surface area contributed by atoms with E-state index < -0.39 is 5.97 Å². The van der Waals surface area contributed by atoms with Crippen molar-refractivity contribution < 1.29 is 9.53 Å². The molecule has 2 rings (SSSR count). The van der Waals surface area contributed by atoms with Gasteiger partial charge in [-0.25, -0.2) is 9.78 Å². The summed E-state index contributed by atoms with van der Waals surface area (Å²) in [7, 11) is 1.33. The van der Waals surface area contributed by atoms with Gasteiger partial charge in [-0.15, -0.1) is 0 Å². The van der Waals surface area contributed by atoms with Gasteiger partial charge < -0.3 is 10.1 Å². The van der Waals surface area contributed by atoms with E-state index in [9.17, 15) is 4.79 Å². The predicted octanol–water partition coefficient (Wildman–Crippen LogP) is 2.94. The van der Waals surface area contributed by atoms with Gasteiger partial charge in [0.1, 0.15) is 0 Å². The Morgan fingerprint density at radius 2 is 2.31 bits per heavy atom. The summed E-state index contributed by atoms with van der Waals surface area (Å²) < 4.78 is 4.62. The number of aromatic nitrogens is 1. The van der Waals surface area contributed by atoms with Gasteiger partial charge in [0, 0.05) is 5.54 Å². The van der Waals surface area contributed by atoms with E-state index in [-0.39, 0.29) is 10.7 Å². The number of rotatable bonds is 3. The maximum atomic E-state index is 11.3. The van der Waals surface area contributed by atoms with Crippen LogP contribution >= 0.6 is 22.9 Å². The third kappa shape index (κ3) is 2.15. The number of hydrogen-bond acceptors (Lipinski definition) is 5. The van der Waals surface area contributed by atoms with Gasteiger partial charge in [-0.2, -0.15) is 0 Å². The van der Waals surface area contributed by atoms with Crippen molar-refractivity contribution >= 4 is 34.0 Å². The van der Waals surface area contributed by atoms with Gasteiger partial charge in [0.2, 0.25) is 0 Å². The normalized spacial score (nSPS) is 17.7. The predicted molar refractivity (Wildman–Crippen MR) is 64.3 cm³/mol. The standard InChI is InChI=1S/C10H13ClN2O2S/c1-10(4-3-5-10)13-9-12-7(11)6(16-9)8(14)15-2/h3-5H2,1-2H3,(H,12,13). The Hall–Kier alpha value is -0.810. The molecule has 0 spiro atoms. The molecule has 16 heavy (non-hydrogen) atoms. The van der Waals surface area contributed by atoms with Crippen LogP contribution in [0.25, 0.3) is 0 Å². The molecule has 88 valence electrons. The summed E-state index contributed by atoms with van der Waals surface area (Å²) in [6.45, 7) is 2.14. The molecule has 1 N–H and O–H groups in total. The van der Waals surface area contributed by atoms with Crippen LogP contribution < -0.4 is 5.32 Å². The number of halogens is 1. The third-order valence-electron chi connectivity index (χ3n) is 2.82. The number of anilines is 1. The molecule has 1 heterocycles. The Labute approximate surface area is 103 Å². The van der Waals surface area contributed by atoms with Gasteiger partial charge in [0.15, 0.2) is 15.2 Å². The Balaban J connectivity index is 2.14. The molecule has 0 saturated heterocycles. The molecule has 1 fully saturated rings. The fourth-order valence-corrected chi connectivity index (χ4v) is 2.92.